The van der Waals surface area contributed by atoms with Crippen molar-refractivity contribution in [3.63, 3.8) is 0 Å². The van der Waals surface area contributed by atoms with E-state index in [1.807, 2.05) is 0 Å². The van der Waals surface area contributed by atoms with Gasteiger partial charge in [0.2, 0.25) is 5.91 Å². The second-order valence-electron chi connectivity index (χ2n) is 5.96. The summed E-state index contributed by atoms with van der Waals surface area (Å²) in [6, 6.07) is 8.36. The summed E-state index contributed by atoms with van der Waals surface area (Å²) < 4.78 is 13.0. The quantitative estimate of drug-likeness (QED) is 0.897. The number of anilines is 1. The van der Waals surface area contributed by atoms with Crippen LogP contribution >= 0.6 is 0 Å². The van der Waals surface area contributed by atoms with Crippen LogP contribution in [0.2, 0.25) is 0 Å². The molecule has 1 atom stereocenters. The van der Waals surface area contributed by atoms with Gasteiger partial charge >= 0.3 is 0 Å². The minimum Gasteiger partial charge on any atom is -0.504 e. The Kier molecular flexibility index (Phi) is 4.92. The molecule has 1 aliphatic heterocycles. The van der Waals surface area contributed by atoms with Gasteiger partial charge in [0.05, 0.1) is 5.92 Å². The molecule has 0 bridgehead atoms. The molecule has 1 aromatic heterocycles. The maximum Gasteiger partial charge on any atom is 0.253 e. The summed E-state index contributed by atoms with van der Waals surface area (Å²) in [4.78, 5) is 30.5. The van der Waals surface area contributed by atoms with E-state index < -0.39 is 5.82 Å². The summed E-state index contributed by atoms with van der Waals surface area (Å²) in [5.41, 5.74) is 0.393. The third-order valence-corrected chi connectivity index (χ3v) is 4.20. The number of carbonyl (C=O) groups excluding carboxylic acids is 2. The summed E-state index contributed by atoms with van der Waals surface area (Å²) in [5, 5.41) is 12.3. The van der Waals surface area contributed by atoms with Crippen molar-refractivity contribution in [2.24, 2.45) is 5.92 Å². The Bertz CT molecular complexity index is 779. The second-order valence-corrected chi connectivity index (χ2v) is 5.96. The Hall–Kier alpha value is -2.96. The maximum atomic E-state index is 13.0. The molecule has 6 nitrogen and oxygen atoms in total. The van der Waals surface area contributed by atoms with Crippen molar-refractivity contribution < 1.29 is 19.1 Å². The van der Waals surface area contributed by atoms with Crippen LogP contribution < -0.4 is 5.32 Å². The molecule has 25 heavy (non-hydrogen) atoms. The van der Waals surface area contributed by atoms with Gasteiger partial charge in [-0.05, 0) is 49.2 Å². The molecule has 0 unspecified atom stereocenters. The zero-order valence-corrected chi connectivity index (χ0v) is 13.5. The van der Waals surface area contributed by atoms with E-state index in [1.54, 1.807) is 11.0 Å². The fourth-order valence-corrected chi connectivity index (χ4v) is 2.86. The maximum absolute atomic E-state index is 13.0. The number of nitrogens with one attached hydrogen (secondary N) is 1. The van der Waals surface area contributed by atoms with Crippen LogP contribution in [0.5, 0.6) is 5.75 Å². The summed E-state index contributed by atoms with van der Waals surface area (Å²) >= 11 is 0. The van der Waals surface area contributed by atoms with Gasteiger partial charge in [0.15, 0.2) is 11.6 Å². The lowest BCUT2D eigenvalue weighted by molar-refractivity contribution is -0.121. The number of piperidine rings is 1. The van der Waals surface area contributed by atoms with Crippen molar-refractivity contribution in [2.75, 3.05) is 18.4 Å². The number of rotatable bonds is 3. The van der Waals surface area contributed by atoms with E-state index in [9.17, 15) is 19.1 Å². The standard InChI is InChI=1S/C18H18FN3O3/c19-14-7-5-12(6-8-14)18(25)22-10-2-3-13(11-22)17(24)21-16-15(23)4-1-9-20-16/h1,4-9,13,23H,2-3,10-11H2,(H,20,21,24)/t13-/m1/s1. The molecule has 2 aromatic rings. The molecule has 0 spiro atoms. The van der Waals surface area contributed by atoms with Gasteiger partial charge in [-0.2, -0.15) is 0 Å². The molecule has 1 fully saturated rings. The Balaban J connectivity index is 1.66. The lowest BCUT2D eigenvalue weighted by Gasteiger charge is -2.32. The molecule has 2 amide bonds. The van der Waals surface area contributed by atoms with Crippen LogP contribution in [-0.4, -0.2) is 39.9 Å². The molecule has 1 aromatic carbocycles. The number of hydrogen-bond donors (Lipinski definition) is 2. The lowest BCUT2D eigenvalue weighted by Crippen LogP contribution is -2.43. The van der Waals surface area contributed by atoms with E-state index in [4.69, 9.17) is 0 Å². The van der Waals surface area contributed by atoms with Crippen molar-refractivity contribution in [3.8, 4) is 5.75 Å². The number of halogens is 1. The lowest BCUT2D eigenvalue weighted by atomic mass is 9.96. The van der Waals surface area contributed by atoms with Gasteiger partial charge < -0.3 is 15.3 Å². The van der Waals surface area contributed by atoms with Crippen molar-refractivity contribution in [1.29, 1.82) is 0 Å². The van der Waals surface area contributed by atoms with Crippen LogP contribution in [0.3, 0.4) is 0 Å². The SMILES string of the molecule is O=C(Nc1ncccc1O)[C@@H]1CCCN(C(=O)c2ccc(F)cc2)C1. The topological polar surface area (TPSA) is 82.5 Å². The molecule has 1 saturated heterocycles. The van der Waals surface area contributed by atoms with Gasteiger partial charge in [0.25, 0.3) is 5.91 Å². The normalized spacial score (nSPS) is 17.2. The first kappa shape index (κ1) is 16.9. The molecule has 0 aliphatic carbocycles. The average Bonchev–Trinajstić information content (AvgIpc) is 2.64. The average molecular weight is 343 g/mol. The minimum atomic E-state index is -0.400. The Morgan fingerprint density at radius 2 is 2.00 bits per heavy atom. The first-order valence-electron chi connectivity index (χ1n) is 8.04. The summed E-state index contributed by atoms with van der Waals surface area (Å²) in [5.74, 6) is -1.30. The zero-order valence-electron chi connectivity index (χ0n) is 13.5. The fourth-order valence-electron chi connectivity index (χ4n) is 2.86. The van der Waals surface area contributed by atoms with Crippen LogP contribution in [-0.2, 0) is 4.79 Å². The summed E-state index contributed by atoms with van der Waals surface area (Å²) in [6.07, 6.45) is 2.81. The number of hydrogen-bond acceptors (Lipinski definition) is 4. The van der Waals surface area contributed by atoms with Gasteiger partial charge in [0.1, 0.15) is 5.82 Å². The monoisotopic (exact) mass is 343 g/mol. The number of pyridine rings is 1. The smallest absolute Gasteiger partial charge is 0.253 e. The first-order chi connectivity index (χ1) is 12.0. The highest BCUT2D eigenvalue weighted by molar-refractivity contribution is 5.96. The van der Waals surface area contributed by atoms with E-state index >= 15 is 0 Å². The van der Waals surface area contributed by atoms with E-state index in [0.29, 0.717) is 24.9 Å². The molecule has 0 saturated carbocycles. The predicted octanol–water partition coefficient (Wildman–Crippen LogP) is 2.42. The van der Waals surface area contributed by atoms with Gasteiger partial charge in [0, 0.05) is 24.8 Å². The van der Waals surface area contributed by atoms with Crippen LogP contribution in [0.15, 0.2) is 42.6 Å². The van der Waals surface area contributed by atoms with Gasteiger partial charge in [-0.1, -0.05) is 0 Å². The second kappa shape index (κ2) is 7.29. The van der Waals surface area contributed by atoms with E-state index in [-0.39, 0.29) is 35.8 Å². The van der Waals surface area contributed by atoms with Crippen molar-refractivity contribution in [1.82, 2.24) is 9.88 Å². The largest absolute Gasteiger partial charge is 0.504 e. The van der Waals surface area contributed by atoms with E-state index in [2.05, 4.69) is 10.3 Å². The minimum absolute atomic E-state index is 0.106. The number of aromatic nitrogens is 1. The van der Waals surface area contributed by atoms with Crippen LogP contribution in [0, 0.1) is 11.7 Å². The highest BCUT2D eigenvalue weighted by Crippen LogP contribution is 2.23. The number of carbonyl (C=O) groups is 2. The number of aromatic hydroxyl groups is 1. The molecule has 2 heterocycles. The molecular weight excluding hydrogens is 325 g/mol. The van der Waals surface area contributed by atoms with Crippen LogP contribution in [0.1, 0.15) is 23.2 Å². The van der Waals surface area contributed by atoms with E-state index in [1.165, 1.54) is 36.5 Å². The van der Waals surface area contributed by atoms with Gasteiger partial charge in [-0.25, -0.2) is 9.37 Å². The van der Waals surface area contributed by atoms with Crippen LogP contribution in [0.25, 0.3) is 0 Å². The highest BCUT2D eigenvalue weighted by Gasteiger charge is 2.29. The predicted molar refractivity (Wildman–Crippen MR) is 89.6 cm³/mol. The summed E-state index contributed by atoms with van der Waals surface area (Å²) in [7, 11) is 0. The van der Waals surface area contributed by atoms with Crippen molar-refractivity contribution in [2.45, 2.75) is 12.8 Å². The Morgan fingerprint density at radius 1 is 1.24 bits per heavy atom. The van der Waals surface area contributed by atoms with Gasteiger partial charge in [-0.15, -0.1) is 0 Å². The fraction of sp³-hybridized carbons (Fsp3) is 0.278. The number of benzene rings is 1. The number of likely N-dealkylation sites (tertiary alicyclic amines) is 1. The highest BCUT2D eigenvalue weighted by atomic mass is 19.1. The third-order valence-electron chi connectivity index (χ3n) is 4.20. The molecule has 3 rings (SSSR count). The zero-order chi connectivity index (χ0) is 17.8. The van der Waals surface area contributed by atoms with Gasteiger partial charge in [-0.3, -0.25) is 9.59 Å². The molecule has 130 valence electrons. The third kappa shape index (κ3) is 3.93. The van der Waals surface area contributed by atoms with Crippen molar-refractivity contribution in [3.05, 3.63) is 54.0 Å². The number of amides is 2. The number of nitrogens with zero attached hydrogens (tertiary/aromatic N) is 2. The molecule has 0 radical (unpaired) electrons. The molecular formula is C18H18FN3O3. The van der Waals surface area contributed by atoms with E-state index in [0.717, 1.165) is 0 Å². The molecule has 2 N–H and O–H groups in total. The Morgan fingerprint density at radius 3 is 2.72 bits per heavy atom. The molecule has 7 heteroatoms. The van der Waals surface area contributed by atoms with Crippen LogP contribution in [0.4, 0.5) is 10.2 Å². The first-order valence-corrected chi connectivity index (χ1v) is 8.04. The molecule has 1 aliphatic rings. The Labute approximate surface area is 144 Å². The summed E-state index contributed by atoms with van der Waals surface area (Å²) in [6.45, 7) is 0.824. The van der Waals surface area contributed by atoms with Crippen molar-refractivity contribution >= 4 is 17.6 Å².